The number of pyridine rings is 1. The normalized spacial score (nSPS) is 10.7. The third kappa shape index (κ3) is 2.01. The minimum absolute atomic E-state index is 0.461. The molecule has 0 aromatic carbocycles. The molecule has 2 N–H and O–H groups in total. The van der Waals surface area contributed by atoms with Crippen molar-refractivity contribution in [2.24, 2.45) is 5.73 Å². The van der Waals surface area contributed by atoms with Crippen LogP contribution in [0.15, 0.2) is 29.1 Å². The lowest BCUT2D eigenvalue weighted by Crippen LogP contribution is -2.08. The molecule has 16 heavy (non-hydrogen) atoms. The molecule has 84 valence electrons. The molecule has 0 fully saturated rings. The molecule has 2 aromatic rings. The predicted octanol–water partition coefficient (Wildman–Crippen LogP) is 2.05. The van der Waals surface area contributed by atoms with Crippen LogP contribution in [-0.2, 0) is 13.0 Å². The number of hydrogen-bond donors (Lipinski definition) is 1. The van der Waals surface area contributed by atoms with Crippen LogP contribution in [0.3, 0.4) is 0 Å². The van der Waals surface area contributed by atoms with Crippen LogP contribution in [0.1, 0.15) is 18.3 Å². The highest BCUT2D eigenvalue weighted by Gasteiger charge is 2.09. The van der Waals surface area contributed by atoms with Gasteiger partial charge >= 0.3 is 0 Å². The Labute approximate surface area is 103 Å². The van der Waals surface area contributed by atoms with E-state index >= 15 is 0 Å². The Kier molecular flexibility index (Phi) is 3.36. The number of nitrogens with two attached hydrogens (primary N) is 1. The first-order chi connectivity index (χ1) is 7.76. The molecule has 0 aliphatic heterocycles. The van der Waals surface area contributed by atoms with Crippen LogP contribution in [0.5, 0.6) is 0 Å². The van der Waals surface area contributed by atoms with E-state index in [1.807, 2.05) is 16.8 Å². The van der Waals surface area contributed by atoms with Gasteiger partial charge in [0.2, 0.25) is 0 Å². The Bertz CT molecular complexity index is 492. The van der Waals surface area contributed by atoms with Crippen LogP contribution < -0.4 is 5.73 Å². The molecular weight excluding hydrogens is 268 g/mol. The van der Waals surface area contributed by atoms with Crippen molar-refractivity contribution in [3.63, 3.8) is 0 Å². The minimum Gasteiger partial charge on any atom is -0.326 e. The molecular formula is C11H13BrN4. The van der Waals surface area contributed by atoms with Crippen LogP contribution >= 0.6 is 15.9 Å². The van der Waals surface area contributed by atoms with Crippen molar-refractivity contribution in [3.8, 4) is 5.82 Å². The molecule has 0 aliphatic rings. The molecule has 0 amide bonds. The highest BCUT2D eigenvalue weighted by atomic mass is 79.9. The Morgan fingerprint density at radius 2 is 2.25 bits per heavy atom. The van der Waals surface area contributed by atoms with Crippen LogP contribution in [0, 0.1) is 0 Å². The summed E-state index contributed by atoms with van der Waals surface area (Å²) in [4.78, 5) is 8.68. The van der Waals surface area contributed by atoms with E-state index in [1.54, 1.807) is 12.4 Å². The SMILES string of the molecule is CCc1nccn1-c1ncc(Br)cc1CN. The fraction of sp³-hybridized carbons (Fsp3) is 0.273. The molecule has 2 aromatic heterocycles. The summed E-state index contributed by atoms with van der Waals surface area (Å²) in [6, 6.07) is 1.99. The lowest BCUT2D eigenvalue weighted by atomic mass is 10.2. The molecule has 0 aliphatic carbocycles. The van der Waals surface area contributed by atoms with E-state index in [2.05, 4.69) is 32.8 Å². The van der Waals surface area contributed by atoms with Crippen molar-refractivity contribution in [1.29, 1.82) is 0 Å². The van der Waals surface area contributed by atoms with Gasteiger partial charge in [-0.2, -0.15) is 0 Å². The molecule has 0 bridgehead atoms. The van der Waals surface area contributed by atoms with E-state index in [0.717, 1.165) is 28.1 Å². The lowest BCUT2D eigenvalue weighted by Gasteiger charge is -2.10. The molecule has 0 atom stereocenters. The molecule has 0 radical (unpaired) electrons. The number of imidazole rings is 1. The van der Waals surface area contributed by atoms with E-state index in [0.29, 0.717) is 6.54 Å². The van der Waals surface area contributed by atoms with E-state index in [9.17, 15) is 0 Å². The Morgan fingerprint density at radius 1 is 1.44 bits per heavy atom. The number of aromatic nitrogens is 3. The number of aryl methyl sites for hydroxylation is 1. The lowest BCUT2D eigenvalue weighted by molar-refractivity contribution is 0.846. The second kappa shape index (κ2) is 4.76. The standard InChI is InChI=1S/C11H13BrN4/c1-2-10-14-3-4-16(10)11-8(6-13)5-9(12)7-15-11/h3-5,7H,2,6,13H2,1H3. The monoisotopic (exact) mass is 280 g/mol. The van der Waals surface area contributed by atoms with Gasteiger partial charge in [-0.05, 0) is 22.0 Å². The van der Waals surface area contributed by atoms with Crippen molar-refractivity contribution in [1.82, 2.24) is 14.5 Å². The summed E-state index contributed by atoms with van der Waals surface area (Å²) in [6.45, 7) is 2.53. The minimum atomic E-state index is 0.461. The largest absolute Gasteiger partial charge is 0.326 e. The molecule has 4 nitrogen and oxygen atoms in total. The van der Waals surface area contributed by atoms with Crippen LogP contribution in [-0.4, -0.2) is 14.5 Å². The summed E-state index contributed by atoms with van der Waals surface area (Å²) >= 11 is 3.39. The van der Waals surface area contributed by atoms with Crippen LogP contribution in [0.25, 0.3) is 5.82 Å². The number of nitrogens with zero attached hydrogens (tertiary/aromatic N) is 3. The predicted molar refractivity (Wildman–Crippen MR) is 66.3 cm³/mol. The van der Waals surface area contributed by atoms with Crippen molar-refractivity contribution < 1.29 is 0 Å². The Balaban J connectivity index is 2.55. The van der Waals surface area contributed by atoms with Gasteiger partial charge < -0.3 is 5.73 Å². The van der Waals surface area contributed by atoms with Crippen LogP contribution in [0.2, 0.25) is 0 Å². The fourth-order valence-corrected chi connectivity index (χ4v) is 2.01. The maximum absolute atomic E-state index is 5.72. The zero-order valence-corrected chi connectivity index (χ0v) is 10.6. The van der Waals surface area contributed by atoms with Crippen molar-refractivity contribution in [2.75, 3.05) is 0 Å². The summed E-state index contributed by atoms with van der Waals surface area (Å²) in [5.74, 6) is 1.85. The maximum Gasteiger partial charge on any atom is 0.142 e. The van der Waals surface area contributed by atoms with Gasteiger partial charge in [-0.15, -0.1) is 0 Å². The molecule has 0 unspecified atom stereocenters. The van der Waals surface area contributed by atoms with Gasteiger partial charge in [-0.1, -0.05) is 6.92 Å². The summed E-state index contributed by atoms with van der Waals surface area (Å²) in [6.07, 6.45) is 6.33. The summed E-state index contributed by atoms with van der Waals surface area (Å²) in [5, 5.41) is 0. The van der Waals surface area contributed by atoms with Crippen LogP contribution in [0.4, 0.5) is 0 Å². The highest BCUT2D eigenvalue weighted by molar-refractivity contribution is 9.10. The van der Waals surface area contributed by atoms with Gasteiger partial charge in [0.15, 0.2) is 0 Å². The quantitative estimate of drug-likeness (QED) is 0.936. The van der Waals surface area contributed by atoms with Gasteiger partial charge in [-0.3, -0.25) is 4.57 Å². The summed E-state index contributed by atoms with van der Waals surface area (Å²) in [7, 11) is 0. The summed E-state index contributed by atoms with van der Waals surface area (Å²) < 4.78 is 2.92. The number of rotatable bonds is 3. The van der Waals surface area contributed by atoms with Crippen molar-refractivity contribution in [2.45, 2.75) is 19.9 Å². The Morgan fingerprint density at radius 3 is 2.94 bits per heavy atom. The Hall–Kier alpha value is -1.20. The molecule has 0 saturated carbocycles. The molecule has 2 rings (SSSR count). The van der Waals surface area contributed by atoms with E-state index < -0.39 is 0 Å². The molecule has 2 heterocycles. The fourth-order valence-electron chi connectivity index (χ4n) is 1.63. The van der Waals surface area contributed by atoms with Gasteiger partial charge in [0.1, 0.15) is 11.6 Å². The molecule has 5 heteroatoms. The van der Waals surface area contributed by atoms with Gasteiger partial charge in [-0.25, -0.2) is 9.97 Å². The first kappa shape index (κ1) is 11.3. The van der Waals surface area contributed by atoms with Gasteiger partial charge in [0.05, 0.1) is 0 Å². The first-order valence-electron chi connectivity index (χ1n) is 5.13. The maximum atomic E-state index is 5.72. The third-order valence-electron chi connectivity index (χ3n) is 2.39. The third-order valence-corrected chi connectivity index (χ3v) is 2.82. The average Bonchev–Trinajstić information content (AvgIpc) is 2.76. The highest BCUT2D eigenvalue weighted by Crippen LogP contribution is 2.18. The van der Waals surface area contributed by atoms with E-state index in [1.165, 1.54) is 0 Å². The topological polar surface area (TPSA) is 56.7 Å². The van der Waals surface area contributed by atoms with E-state index in [-0.39, 0.29) is 0 Å². The number of hydrogen-bond acceptors (Lipinski definition) is 3. The smallest absolute Gasteiger partial charge is 0.142 e. The first-order valence-corrected chi connectivity index (χ1v) is 5.92. The second-order valence-electron chi connectivity index (χ2n) is 3.41. The summed E-state index contributed by atoms with van der Waals surface area (Å²) in [5.41, 5.74) is 6.72. The average molecular weight is 281 g/mol. The number of halogens is 1. The zero-order chi connectivity index (χ0) is 11.5. The zero-order valence-electron chi connectivity index (χ0n) is 9.02. The molecule has 0 saturated heterocycles. The molecule has 0 spiro atoms. The van der Waals surface area contributed by atoms with Gasteiger partial charge in [0.25, 0.3) is 0 Å². The van der Waals surface area contributed by atoms with Gasteiger partial charge in [0, 0.05) is 41.6 Å². The van der Waals surface area contributed by atoms with Crippen molar-refractivity contribution >= 4 is 15.9 Å². The second-order valence-corrected chi connectivity index (χ2v) is 4.32. The van der Waals surface area contributed by atoms with Crippen molar-refractivity contribution in [3.05, 3.63) is 40.5 Å². The van der Waals surface area contributed by atoms with E-state index in [4.69, 9.17) is 5.73 Å².